The highest BCUT2D eigenvalue weighted by Gasteiger charge is 2.47. The molecule has 1 N–H and O–H groups in total. The number of rotatable bonds is 3. The van der Waals surface area contributed by atoms with Crippen LogP contribution in [0.3, 0.4) is 0 Å². The van der Waals surface area contributed by atoms with Crippen LogP contribution in [0, 0.1) is 12.0 Å². The number of benzene rings is 1. The fraction of sp³-hybridized carbons (Fsp3) is 0.182. The lowest BCUT2D eigenvalue weighted by Crippen LogP contribution is -2.41. The Labute approximate surface area is 122 Å². The topological polar surface area (TPSA) is 63.2 Å². The van der Waals surface area contributed by atoms with Gasteiger partial charge in [0, 0.05) is 6.04 Å². The summed E-state index contributed by atoms with van der Waals surface area (Å²) in [6.07, 6.45) is 0. The zero-order valence-electron chi connectivity index (χ0n) is 9.28. The molecule has 0 aromatic heterocycles. The number of carbonyl (C=O) groups is 1. The molecule has 1 rings (SSSR count). The van der Waals surface area contributed by atoms with E-state index in [1.165, 1.54) is 19.1 Å². The molecule has 7 heteroatoms. The number of amides is 1. The molecule has 0 saturated heterocycles. The van der Waals surface area contributed by atoms with E-state index in [-0.39, 0.29) is 4.90 Å². The molecule has 0 radical (unpaired) electrons. The number of hydrogen-bond acceptors (Lipinski definition) is 3. The molecule has 0 saturated carbocycles. The summed E-state index contributed by atoms with van der Waals surface area (Å²) in [4.78, 5) is 11.8. The largest absolute Gasteiger partial charge is 0.282 e. The molecule has 0 heterocycles. The van der Waals surface area contributed by atoms with E-state index < -0.39 is 18.3 Å². The molecule has 0 bridgehead atoms. The number of carbonyl (C=O) groups excluding carboxylic acids is 1. The molecule has 18 heavy (non-hydrogen) atoms. The van der Waals surface area contributed by atoms with Gasteiger partial charge >= 0.3 is 0 Å². The van der Waals surface area contributed by atoms with Gasteiger partial charge in [-0.2, -0.15) is 0 Å². The fourth-order valence-corrected chi connectivity index (χ4v) is 3.49. The quantitative estimate of drug-likeness (QED) is 0.484. The van der Waals surface area contributed by atoms with Crippen molar-refractivity contribution in [3.8, 4) is 12.0 Å². The molecule has 0 unspecified atom stereocenters. The van der Waals surface area contributed by atoms with Crippen LogP contribution in [0.5, 0.6) is 0 Å². The third-order valence-electron chi connectivity index (χ3n) is 1.96. The first kappa shape index (κ1) is 15.2. The molecule has 0 atom stereocenters. The highest BCUT2D eigenvalue weighted by molar-refractivity contribution is 9.28. The van der Waals surface area contributed by atoms with Gasteiger partial charge in [-0.25, -0.2) is 8.42 Å². The molecule has 0 aliphatic rings. The van der Waals surface area contributed by atoms with E-state index in [0.717, 1.165) is 0 Å². The molecule has 1 aromatic carbocycles. The molecule has 1 aromatic rings. The zero-order valence-corrected chi connectivity index (χ0v) is 13.3. The van der Waals surface area contributed by atoms with Gasteiger partial charge in [0.05, 0.1) is 4.90 Å². The van der Waals surface area contributed by atoms with Crippen molar-refractivity contribution in [2.75, 3.05) is 0 Å². The van der Waals surface area contributed by atoms with E-state index in [4.69, 9.17) is 0 Å². The number of alkyl halides is 2. The fourth-order valence-electron chi connectivity index (χ4n) is 1.06. The van der Waals surface area contributed by atoms with Gasteiger partial charge in [0.1, 0.15) is 0 Å². The van der Waals surface area contributed by atoms with Gasteiger partial charge in [-0.3, -0.25) is 10.1 Å². The Balaban J connectivity index is 3.18. The lowest BCUT2D eigenvalue weighted by molar-refractivity contribution is -0.118. The zero-order chi connectivity index (χ0) is 13.8. The number of halogens is 2. The van der Waals surface area contributed by atoms with Crippen molar-refractivity contribution < 1.29 is 13.2 Å². The molecular weight excluding hydrogens is 386 g/mol. The Morgan fingerprint density at radius 2 is 1.83 bits per heavy atom. The second-order valence-electron chi connectivity index (χ2n) is 3.16. The Bertz CT molecular complexity index is 600. The van der Waals surface area contributed by atoms with Gasteiger partial charge < -0.3 is 0 Å². The summed E-state index contributed by atoms with van der Waals surface area (Å²) >= 11 is 5.77. The first-order valence-electron chi connectivity index (χ1n) is 4.73. The van der Waals surface area contributed by atoms with Gasteiger partial charge in [0.2, 0.25) is 9.84 Å². The highest BCUT2D eigenvalue weighted by Crippen LogP contribution is 2.37. The monoisotopic (exact) mass is 393 g/mol. The van der Waals surface area contributed by atoms with Crippen molar-refractivity contribution in [2.24, 2.45) is 0 Å². The van der Waals surface area contributed by atoms with Gasteiger partial charge in [0.15, 0.2) is 0 Å². The van der Waals surface area contributed by atoms with Crippen LogP contribution in [-0.4, -0.2) is 16.9 Å². The van der Waals surface area contributed by atoms with Crippen molar-refractivity contribution in [2.45, 2.75) is 14.4 Å². The van der Waals surface area contributed by atoms with Crippen molar-refractivity contribution in [3.05, 3.63) is 30.3 Å². The molecule has 1 amide bonds. The second kappa shape index (κ2) is 5.87. The second-order valence-corrected chi connectivity index (χ2v) is 9.75. The Morgan fingerprint density at radius 1 is 1.28 bits per heavy atom. The molecule has 0 fully saturated rings. The summed E-state index contributed by atoms with van der Waals surface area (Å²) in [7, 11) is -3.91. The summed E-state index contributed by atoms with van der Waals surface area (Å²) in [5.74, 6) is 1.64. The summed E-state index contributed by atoms with van der Waals surface area (Å²) in [6.45, 7) is 1.52. The van der Waals surface area contributed by atoms with Gasteiger partial charge in [-0.05, 0) is 50.9 Å². The summed E-state index contributed by atoms with van der Waals surface area (Å²) < 4.78 is 22.6. The molecule has 0 aliphatic heterocycles. The number of sulfone groups is 1. The average molecular weight is 395 g/mol. The summed E-state index contributed by atoms with van der Waals surface area (Å²) in [6, 6.07) is 9.96. The van der Waals surface area contributed by atoms with Crippen molar-refractivity contribution in [3.63, 3.8) is 0 Å². The number of nitrogens with one attached hydrogen (secondary N) is 1. The van der Waals surface area contributed by atoms with Crippen molar-refractivity contribution >= 4 is 47.6 Å². The Hall–Kier alpha value is -0.840. The minimum absolute atomic E-state index is 0.0263. The lowest BCUT2D eigenvalue weighted by atomic mass is 10.4. The SMILES string of the molecule is CC#CNC(=O)C(Br)(Br)S(=O)(=O)c1ccccc1. The number of hydrogen-bond donors (Lipinski definition) is 1. The molecule has 4 nitrogen and oxygen atoms in total. The van der Waals surface area contributed by atoms with Gasteiger partial charge in [0.25, 0.3) is 8.47 Å². The molecule has 0 aliphatic carbocycles. The van der Waals surface area contributed by atoms with E-state index in [1.807, 2.05) is 0 Å². The van der Waals surface area contributed by atoms with E-state index in [9.17, 15) is 13.2 Å². The van der Waals surface area contributed by atoms with E-state index in [1.54, 1.807) is 18.2 Å². The van der Waals surface area contributed by atoms with E-state index in [2.05, 4.69) is 49.1 Å². The standard InChI is InChI=1S/C11H9Br2NO3S/c1-2-8-14-10(15)11(12,13)18(16,17)9-6-4-3-5-7-9/h3-7H,1H3,(H,14,15). The van der Waals surface area contributed by atoms with Crippen LogP contribution in [0.25, 0.3) is 0 Å². The Kier molecular flexibility index (Phi) is 4.96. The van der Waals surface area contributed by atoms with Crippen molar-refractivity contribution in [1.29, 1.82) is 0 Å². The van der Waals surface area contributed by atoms with Crippen LogP contribution in [0.1, 0.15) is 6.92 Å². The van der Waals surface area contributed by atoms with Crippen LogP contribution < -0.4 is 5.32 Å². The highest BCUT2D eigenvalue weighted by atomic mass is 79.9. The smallest absolute Gasteiger partial charge is 0.275 e. The average Bonchev–Trinajstić information content (AvgIpc) is 2.36. The predicted molar refractivity (Wildman–Crippen MR) is 75.8 cm³/mol. The van der Waals surface area contributed by atoms with Crippen LogP contribution in [0.2, 0.25) is 0 Å². The van der Waals surface area contributed by atoms with E-state index >= 15 is 0 Å². The first-order chi connectivity index (χ1) is 8.34. The maximum absolute atomic E-state index is 12.3. The maximum Gasteiger partial charge on any atom is 0.275 e. The maximum atomic E-state index is 12.3. The normalized spacial score (nSPS) is 11.3. The van der Waals surface area contributed by atoms with E-state index in [0.29, 0.717) is 0 Å². The summed E-state index contributed by atoms with van der Waals surface area (Å²) in [5.41, 5.74) is 0. The lowest BCUT2D eigenvalue weighted by Gasteiger charge is -2.18. The predicted octanol–water partition coefficient (Wildman–Crippen LogP) is 2.00. The minimum atomic E-state index is -3.91. The van der Waals surface area contributed by atoms with Crippen LogP contribution in [-0.2, 0) is 14.6 Å². The van der Waals surface area contributed by atoms with Crippen LogP contribution in [0.4, 0.5) is 0 Å². The molecule has 96 valence electrons. The third kappa shape index (κ3) is 2.94. The Morgan fingerprint density at radius 3 is 2.33 bits per heavy atom. The molecular formula is C11H9Br2NO3S. The summed E-state index contributed by atoms with van der Waals surface area (Å²) in [5, 5.41) is 2.18. The van der Waals surface area contributed by atoms with Crippen LogP contribution in [0.15, 0.2) is 35.2 Å². The molecule has 0 spiro atoms. The van der Waals surface area contributed by atoms with Gasteiger partial charge in [-0.15, -0.1) is 0 Å². The first-order valence-corrected chi connectivity index (χ1v) is 7.80. The van der Waals surface area contributed by atoms with Crippen LogP contribution >= 0.6 is 31.9 Å². The van der Waals surface area contributed by atoms with Gasteiger partial charge in [-0.1, -0.05) is 24.1 Å². The van der Waals surface area contributed by atoms with Crippen molar-refractivity contribution in [1.82, 2.24) is 5.32 Å². The minimum Gasteiger partial charge on any atom is -0.282 e. The third-order valence-corrected chi connectivity index (χ3v) is 6.99.